The predicted molar refractivity (Wildman–Crippen MR) is 90.3 cm³/mol. The molecular formula is C14H16Br2ClN3. The quantitative estimate of drug-likeness (QED) is 0.793. The van der Waals surface area contributed by atoms with Gasteiger partial charge in [-0.1, -0.05) is 43.5 Å². The van der Waals surface area contributed by atoms with Crippen molar-refractivity contribution in [1.82, 2.24) is 15.1 Å². The highest BCUT2D eigenvalue weighted by molar-refractivity contribution is 9.11. The molecule has 1 unspecified atom stereocenters. The molecule has 0 fully saturated rings. The zero-order chi connectivity index (χ0) is 14.9. The molecule has 1 aromatic carbocycles. The average molecular weight is 422 g/mol. The van der Waals surface area contributed by atoms with Gasteiger partial charge in [0.2, 0.25) is 0 Å². The van der Waals surface area contributed by atoms with Gasteiger partial charge in [0.25, 0.3) is 0 Å². The summed E-state index contributed by atoms with van der Waals surface area (Å²) in [4.78, 5) is 0. The second-order valence-corrected chi connectivity index (χ2v) is 6.82. The molecule has 6 heteroatoms. The van der Waals surface area contributed by atoms with E-state index < -0.39 is 0 Å². The summed E-state index contributed by atoms with van der Waals surface area (Å²) >= 11 is 13.5. The fourth-order valence-corrected chi connectivity index (χ4v) is 3.41. The van der Waals surface area contributed by atoms with E-state index in [-0.39, 0.29) is 6.04 Å². The topological polar surface area (TPSA) is 29.9 Å². The molecule has 0 bridgehead atoms. The van der Waals surface area contributed by atoms with Gasteiger partial charge in [0, 0.05) is 27.6 Å². The molecule has 0 saturated heterocycles. The Morgan fingerprint density at radius 3 is 2.65 bits per heavy atom. The molecule has 20 heavy (non-hydrogen) atoms. The van der Waals surface area contributed by atoms with E-state index in [4.69, 9.17) is 11.6 Å². The minimum atomic E-state index is 0.169. The first kappa shape index (κ1) is 16.0. The third-order valence-corrected chi connectivity index (χ3v) is 5.05. The Labute approximate surface area is 141 Å². The van der Waals surface area contributed by atoms with Crippen molar-refractivity contribution in [3.63, 3.8) is 0 Å². The minimum absolute atomic E-state index is 0.169. The Kier molecular flexibility index (Phi) is 5.29. The summed E-state index contributed by atoms with van der Waals surface area (Å²) in [5.41, 5.74) is 3.26. The normalized spacial score (nSPS) is 12.7. The zero-order valence-corrected chi connectivity index (χ0v) is 15.5. The zero-order valence-electron chi connectivity index (χ0n) is 11.5. The summed E-state index contributed by atoms with van der Waals surface area (Å²) < 4.78 is 3.86. The second-order valence-electron chi connectivity index (χ2n) is 4.69. The van der Waals surface area contributed by atoms with Crippen molar-refractivity contribution in [2.24, 2.45) is 7.05 Å². The third kappa shape index (κ3) is 3.27. The highest BCUT2D eigenvalue weighted by Crippen LogP contribution is 2.31. The number of aryl methyl sites for hydroxylation is 2. The van der Waals surface area contributed by atoms with Crippen molar-refractivity contribution >= 4 is 43.5 Å². The van der Waals surface area contributed by atoms with E-state index in [1.165, 1.54) is 5.56 Å². The fourth-order valence-electron chi connectivity index (χ4n) is 2.26. The number of halogens is 3. The molecule has 0 aliphatic heterocycles. The lowest BCUT2D eigenvalue weighted by molar-refractivity contribution is 0.588. The highest BCUT2D eigenvalue weighted by Gasteiger charge is 2.19. The monoisotopic (exact) mass is 419 g/mol. The smallest absolute Gasteiger partial charge is 0.130 e. The van der Waals surface area contributed by atoms with Crippen LogP contribution in [-0.4, -0.2) is 16.8 Å². The standard InChI is InChI=1S/C14H16Br2ClN3/c1-8-10(14(17)20(3)19-8)7-13(18-2)11-6-9(15)4-5-12(11)16/h4-6,13,18H,7H2,1-3H3. The Morgan fingerprint density at radius 1 is 1.40 bits per heavy atom. The number of nitrogens with zero attached hydrogens (tertiary/aromatic N) is 2. The molecule has 0 spiro atoms. The molecule has 108 valence electrons. The number of hydrogen-bond acceptors (Lipinski definition) is 2. The first-order valence-electron chi connectivity index (χ1n) is 6.24. The SMILES string of the molecule is CNC(Cc1c(C)nn(C)c1Cl)c1cc(Br)ccc1Br. The maximum Gasteiger partial charge on any atom is 0.130 e. The summed E-state index contributed by atoms with van der Waals surface area (Å²) in [5.74, 6) is 0. The molecule has 3 nitrogen and oxygen atoms in total. The molecule has 1 heterocycles. The van der Waals surface area contributed by atoms with Crippen LogP contribution in [0.5, 0.6) is 0 Å². The van der Waals surface area contributed by atoms with Gasteiger partial charge >= 0.3 is 0 Å². The van der Waals surface area contributed by atoms with Gasteiger partial charge in [0.15, 0.2) is 0 Å². The molecule has 0 aliphatic rings. The van der Waals surface area contributed by atoms with Crippen LogP contribution in [0, 0.1) is 6.92 Å². The van der Waals surface area contributed by atoms with Crippen molar-refractivity contribution < 1.29 is 0 Å². The lowest BCUT2D eigenvalue weighted by atomic mass is 9.99. The molecule has 1 atom stereocenters. The van der Waals surface area contributed by atoms with Gasteiger partial charge in [-0.25, -0.2) is 0 Å². The van der Waals surface area contributed by atoms with Crippen LogP contribution in [0.2, 0.25) is 5.15 Å². The second kappa shape index (κ2) is 6.60. The number of likely N-dealkylation sites (N-methyl/N-ethyl adjacent to an activating group) is 1. The van der Waals surface area contributed by atoms with Crippen LogP contribution in [0.4, 0.5) is 0 Å². The Bertz CT molecular complexity index is 625. The summed E-state index contributed by atoms with van der Waals surface area (Å²) in [6.07, 6.45) is 0.796. The molecular weight excluding hydrogens is 405 g/mol. The molecule has 1 aromatic heterocycles. The van der Waals surface area contributed by atoms with Gasteiger partial charge in [0.05, 0.1) is 5.69 Å². The molecule has 0 amide bonds. The van der Waals surface area contributed by atoms with E-state index in [1.807, 2.05) is 33.2 Å². The van der Waals surface area contributed by atoms with Crippen LogP contribution in [0.25, 0.3) is 0 Å². The van der Waals surface area contributed by atoms with Crippen molar-refractivity contribution in [2.75, 3.05) is 7.05 Å². The minimum Gasteiger partial charge on any atom is -0.313 e. The lowest BCUT2D eigenvalue weighted by Gasteiger charge is -2.18. The van der Waals surface area contributed by atoms with Gasteiger partial charge in [-0.3, -0.25) is 4.68 Å². The summed E-state index contributed by atoms with van der Waals surface area (Å²) in [6, 6.07) is 6.34. The summed E-state index contributed by atoms with van der Waals surface area (Å²) in [7, 11) is 3.82. The van der Waals surface area contributed by atoms with Crippen LogP contribution in [0.3, 0.4) is 0 Å². The van der Waals surface area contributed by atoms with Crippen molar-refractivity contribution in [2.45, 2.75) is 19.4 Å². The Hall–Kier alpha value is -0.360. The Morgan fingerprint density at radius 2 is 2.10 bits per heavy atom. The predicted octanol–water partition coefficient (Wildman–Crippen LogP) is 4.41. The maximum absolute atomic E-state index is 6.33. The first-order valence-corrected chi connectivity index (χ1v) is 8.20. The lowest BCUT2D eigenvalue weighted by Crippen LogP contribution is -2.19. The number of aromatic nitrogens is 2. The third-order valence-electron chi connectivity index (χ3n) is 3.36. The van der Waals surface area contributed by atoms with Crippen LogP contribution in [-0.2, 0) is 13.5 Å². The van der Waals surface area contributed by atoms with Crippen LogP contribution < -0.4 is 5.32 Å². The van der Waals surface area contributed by atoms with Gasteiger partial charge < -0.3 is 5.32 Å². The number of rotatable bonds is 4. The molecule has 0 saturated carbocycles. The first-order chi connectivity index (χ1) is 9.43. The number of hydrogen-bond donors (Lipinski definition) is 1. The van der Waals surface area contributed by atoms with E-state index in [2.05, 4.69) is 48.3 Å². The summed E-state index contributed by atoms with van der Waals surface area (Å²) in [5, 5.41) is 8.42. The molecule has 0 aliphatic carbocycles. The van der Waals surface area contributed by atoms with E-state index in [1.54, 1.807) is 4.68 Å². The van der Waals surface area contributed by atoms with Gasteiger partial charge in [0.1, 0.15) is 5.15 Å². The average Bonchev–Trinajstić information content (AvgIpc) is 2.65. The van der Waals surface area contributed by atoms with Crippen LogP contribution >= 0.6 is 43.5 Å². The van der Waals surface area contributed by atoms with Crippen molar-refractivity contribution in [3.05, 3.63) is 49.1 Å². The van der Waals surface area contributed by atoms with E-state index in [0.29, 0.717) is 5.15 Å². The van der Waals surface area contributed by atoms with Crippen molar-refractivity contribution in [3.8, 4) is 0 Å². The van der Waals surface area contributed by atoms with E-state index in [0.717, 1.165) is 26.6 Å². The summed E-state index contributed by atoms with van der Waals surface area (Å²) in [6.45, 7) is 1.99. The van der Waals surface area contributed by atoms with Crippen LogP contribution in [0.15, 0.2) is 27.1 Å². The molecule has 2 aromatic rings. The molecule has 0 radical (unpaired) electrons. The molecule has 1 N–H and O–H groups in total. The van der Waals surface area contributed by atoms with Gasteiger partial charge in [-0.2, -0.15) is 5.10 Å². The number of benzene rings is 1. The van der Waals surface area contributed by atoms with E-state index >= 15 is 0 Å². The fraction of sp³-hybridized carbons (Fsp3) is 0.357. The Balaban J connectivity index is 2.36. The maximum atomic E-state index is 6.33. The molecule has 2 rings (SSSR count). The van der Waals surface area contributed by atoms with Crippen LogP contribution in [0.1, 0.15) is 22.9 Å². The number of nitrogens with one attached hydrogen (secondary N) is 1. The largest absolute Gasteiger partial charge is 0.313 e. The highest BCUT2D eigenvalue weighted by atomic mass is 79.9. The van der Waals surface area contributed by atoms with E-state index in [9.17, 15) is 0 Å². The van der Waals surface area contributed by atoms with Gasteiger partial charge in [-0.05, 0) is 44.2 Å². The van der Waals surface area contributed by atoms with Crippen molar-refractivity contribution in [1.29, 1.82) is 0 Å². The van der Waals surface area contributed by atoms with Gasteiger partial charge in [-0.15, -0.1) is 0 Å².